The van der Waals surface area contributed by atoms with Crippen LogP contribution in [0.2, 0.25) is 0 Å². The Kier molecular flexibility index (Phi) is 3.07. The van der Waals surface area contributed by atoms with Gasteiger partial charge in [-0.1, -0.05) is 28.1 Å². The molecule has 1 unspecified atom stereocenters. The third-order valence-corrected chi connectivity index (χ3v) is 3.48. The zero-order valence-electron chi connectivity index (χ0n) is 8.29. The molecular formula is C11H13BrN2O. The molecule has 0 heterocycles. The molecule has 3 N–H and O–H groups in total. The number of hydrogen-bond acceptors (Lipinski definition) is 2. The van der Waals surface area contributed by atoms with E-state index in [4.69, 9.17) is 5.73 Å². The third-order valence-electron chi connectivity index (χ3n) is 2.74. The highest BCUT2D eigenvalue weighted by Crippen LogP contribution is 2.35. The SMILES string of the molecule is NC(=O)CNC1CCc2c(Br)cccc21. The number of nitrogens with two attached hydrogens (primary N) is 1. The number of carbonyl (C=O) groups is 1. The van der Waals surface area contributed by atoms with Crippen molar-refractivity contribution >= 4 is 21.8 Å². The molecule has 0 spiro atoms. The lowest BCUT2D eigenvalue weighted by Crippen LogP contribution is -2.30. The molecule has 1 aliphatic rings. The van der Waals surface area contributed by atoms with Crippen LogP contribution in [-0.4, -0.2) is 12.5 Å². The van der Waals surface area contributed by atoms with Crippen molar-refractivity contribution in [1.82, 2.24) is 5.32 Å². The fourth-order valence-electron chi connectivity index (χ4n) is 2.05. The summed E-state index contributed by atoms with van der Waals surface area (Å²) < 4.78 is 1.16. The standard InChI is InChI=1S/C11H13BrN2O/c12-9-3-1-2-8-7(9)4-5-10(8)14-6-11(13)15/h1-3,10,14H,4-6H2,(H2,13,15). The number of fused-ring (bicyclic) bond motifs is 1. The molecule has 0 bridgehead atoms. The van der Waals surface area contributed by atoms with Crippen molar-refractivity contribution in [2.24, 2.45) is 5.73 Å². The first kappa shape index (κ1) is 10.6. The average molecular weight is 269 g/mol. The van der Waals surface area contributed by atoms with Crippen LogP contribution in [0.4, 0.5) is 0 Å². The van der Waals surface area contributed by atoms with E-state index in [-0.39, 0.29) is 18.5 Å². The minimum Gasteiger partial charge on any atom is -0.369 e. The molecule has 0 fully saturated rings. The number of primary amides is 1. The van der Waals surface area contributed by atoms with Crippen LogP contribution in [0.3, 0.4) is 0 Å². The Morgan fingerprint density at radius 1 is 1.60 bits per heavy atom. The molecule has 1 atom stereocenters. The molecule has 80 valence electrons. The summed E-state index contributed by atoms with van der Waals surface area (Å²) in [4.78, 5) is 10.7. The Labute approximate surface area is 97.2 Å². The Bertz CT molecular complexity index is 392. The lowest BCUT2D eigenvalue weighted by atomic mass is 10.1. The van der Waals surface area contributed by atoms with Crippen molar-refractivity contribution in [3.8, 4) is 0 Å². The second-order valence-corrected chi connectivity index (χ2v) is 4.60. The highest BCUT2D eigenvalue weighted by molar-refractivity contribution is 9.10. The molecule has 1 aromatic rings. The minimum atomic E-state index is -0.307. The Morgan fingerprint density at radius 2 is 2.40 bits per heavy atom. The zero-order chi connectivity index (χ0) is 10.8. The number of hydrogen-bond donors (Lipinski definition) is 2. The number of nitrogens with one attached hydrogen (secondary N) is 1. The van der Waals surface area contributed by atoms with Gasteiger partial charge in [-0.15, -0.1) is 0 Å². The van der Waals surface area contributed by atoms with Crippen LogP contribution in [-0.2, 0) is 11.2 Å². The van der Waals surface area contributed by atoms with Crippen molar-refractivity contribution in [2.75, 3.05) is 6.54 Å². The molecule has 4 heteroatoms. The van der Waals surface area contributed by atoms with Gasteiger partial charge in [0.2, 0.25) is 5.91 Å². The largest absolute Gasteiger partial charge is 0.369 e. The fourth-order valence-corrected chi connectivity index (χ4v) is 2.63. The van der Waals surface area contributed by atoms with E-state index < -0.39 is 0 Å². The molecular weight excluding hydrogens is 256 g/mol. The molecule has 0 aromatic heterocycles. The van der Waals surface area contributed by atoms with Gasteiger partial charge in [0.05, 0.1) is 6.54 Å². The Balaban J connectivity index is 2.14. The van der Waals surface area contributed by atoms with Gasteiger partial charge in [-0.3, -0.25) is 4.79 Å². The molecule has 1 aromatic carbocycles. The van der Waals surface area contributed by atoms with E-state index >= 15 is 0 Å². The number of carbonyl (C=O) groups excluding carboxylic acids is 1. The number of amides is 1. The molecule has 15 heavy (non-hydrogen) atoms. The predicted octanol–water partition coefficient (Wildman–Crippen LogP) is 1.51. The minimum absolute atomic E-state index is 0.247. The van der Waals surface area contributed by atoms with Crippen LogP contribution in [0.25, 0.3) is 0 Å². The molecule has 0 radical (unpaired) electrons. The first-order chi connectivity index (χ1) is 7.18. The third kappa shape index (κ3) is 2.21. The van der Waals surface area contributed by atoms with E-state index in [1.54, 1.807) is 0 Å². The van der Waals surface area contributed by atoms with E-state index in [0.717, 1.165) is 17.3 Å². The monoisotopic (exact) mass is 268 g/mol. The van der Waals surface area contributed by atoms with Crippen molar-refractivity contribution in [3.05, 3.63) is 33.8 Å². The summed E-state index contributed by atoms with van der Waals surface area (Å²) in [5.41, 5.74) is 7.74. The van der Waals surface area contributed by atoms with E-state index in [1.807, 2.05) is 6.07 Å². The zero-order valence-corrected chi connectivity index (χ0v) is 9.88. The van der Waals surface area contributed by atoms with Crippen molar-refractivity contribution < 1.29 is 4.79 Å². The molecule has 0 saturated heterocycles. The average Bonchev–Trinajstić information content (AvgIpc) is 2.59. The summed E-state index contributed by atoms with van der Waals surface area (Å²) in [7, 11) is 0. The molecule has 1 amide bonds. The topological polar surface area (TPSA) is 55.1 Å². The van der Waals surface area contributed by atoms with Gasteiger partial charge in [0.1, 0.15) is 0 Å². The van der Waals surface area contributed by atoms with E-state index in [1.165, 1.54) is 11.1 Å². The fraction of sp³-hybridized carbons (Fsp3) is 0.364. The number of rotatable bonds is 3. The Hall–Kier alpha value is -0.870. The van der Waals surface area contributed by atoms with Gasteiger partial charge in [-0.2, -0.15) is 0 Å². The summed E-state index contributed by atoms with van der Waals surface area (Å²) in [6.45, 7) is 0.247. The van der Waals surface area contributed by atoms with Crippen LogP contribution < -0.4 is 11.1 Å². The maximum atomic E-state index is 10.7. The first-order valence-corrected chi connectivity index (χ1v) is 5.77. The molecule has 2 rings (SSSR count). The van der Waals surface area contributed by atoms with Crippen LogP contribution in [0.15, 0.2) is 22.7 Å². The van der Waals surface area contributed by atoms with Crippen LogP contribution in [0.1, 0.15) is 23.6 Å². The Morgan fingerprint density at radius 3 is 3.13 bits per heavy atom. The summed E-state index contributed by atoms with van der Waals surface area (Å²) >= 11 is 3.54. The van der Waals surface area contributed by atoms with Gasteiger partial charge in [0.25, 0.3) is 0 Å². The molecule has 3 nitrogen and oxygen atoms in total. The van der Waals surface area contributed by atoms with Gasteiger partial charge in [0, 0.05) is 10.5 Å². The summed E-state index contributed by atoms with van der Waals surface area (Å²) in [6.07, 6.45) is 2.08. The second-order valence-electron chi connectivity index (χ2n) is 3.75. The normalized spacial score (nSPS) is 18.9. The lowest BCUT2D eigenvalue weighted by molar-refractivity contribution is -0.117. The van der Waals surface area contributed by atoms with Crippen LogP contribution >= 0.6 is 15.9 Å². The highest BCUT2D eigenvalue weighted by atomic mass is 79.9. The summed E-state index contributed by atoms with van der Waals surface area (Å²) in [5, 5.41) is 3.17. The number of benzene rings is 1. The lowest BCUT2D eigenvalue weighted by Gasteiger charge is -2.12. The van der Waals surface area contributed by atoms with Crippen LogP contribution in [0.5, 0.6) is 0 Å². The molecule has 0 saturated carbocycles. The van der Waals surface area contributed by atoms with Gasteiger partial charge in [-0.25, -0.2) is 0 Å². The van der Waals surface area contributed by atoms with E-state index in [9.17, 15) is 4.79 Å². The first-order valence-electron chi connectivity index (χ1n) is 4.97. The summed E-state index contributed by atoms with van der Waals surface area (Å²) in [5.74, 6) is -0.307. The van der Waals surface area contributed by atoms with Crippen molar-refractivity contribution in [1.29, 1.82) is 0 Å². The predicted molar refractivity (Wildman–Crippen MR) is 62.4 cm³/mol. The van der Waals surface area contributed by atoms with Gasteiger partial charge >= 0.3 is 0 Å². The maximum absolute atomic E-state index is 10.7. The highest BCUT2D eigenvalue weighted by Gasteiger charge is 2.23. The summed E-state index contributed by atoms with van der Waals surface area (Å²) in [6, 6.07) is 6.44. The second kappa shape index (κ2) is 4.33. The van der Waals surface area contributed by atoms with Gasteiger partial charge in [0.15, 0.2) is 0 Å². The van der Waals surface area contributed by atoms with Gasteiger partial charge in [-0.05, 0) is 30.0 Å². The molecule has 0 aliphatic heterocycles. The van der Waals surface area contributed by atoms with Crippen molar-refractivity contribution in [3.63, 3.8) is 0 Å². The smallest absolute Gasteiger partial charge is 0.231 e. The van der Waals surface area contributed by atoms with Crippen molar-refractivity contribution in [2.45, 2.75) is 18.9 Å². The molecule has 1 aliphatic carbocycles. The van der Waals surface area contributed by atoms with E-state index in [2.05, 4.69) is 33.4 Å². The quantitative estimate of drug-likeness (QED) is 0.874. The van der Waals surface area contributed by atoms with Gasteiger partial charge < -0.3 is 11.1 Å². The van der Waals surface area contributed by atoms with E-state index in [0.29, 0.717) is 0 Å². The van der Waals surface area contributed by atoms with Crippen LogP contribution in [0, 0.1) is 0 Å². The maximum Gasteiger partial charge on any atom is 0.231 e. The number of halogens is 1.